The molecule has 1 aliphatic carbocycles. The summed E-state index contributed by atoms with van der Waals surface area (Å²) in [5.41, 5.74) is 0.0293. The SMILES string of the molecule is CC1(C)[C@@H](c2ccccc2)[C@@H]1c1noc(-c2cnccc2C(F)(F)F)n1. The van der Waals surface area contributed by atoms with E-state index in [-0.39, 0.29) is 28.7 Å². The Labute approximate surface area is 148 Å². The zero-order valence-corrected chi connectivity index (χ0v) is 14.2. The Morgan fingerprint density at radius 1 is 1.04 bits per heavy atom. The molecule has 0 amide bonds. The second-order valence-electron chi connectivity index (χ2n) is 7.06. The average Bonchev–Trinajstić information content (AvgIpc) is 2.95. The lowest BCUT2D eigenvalue weighted by Gasteiger charge is -2.08. The highest BCUT2D eigenvalue weighted by molar-refractivity contribution is 5.58. The molecule has 2 aromatic heterocycles. The van der Waals surface area contributed by atoms with E-state index in [9.17, 15) is 13.2 Å². The van der Waals surface area contributed by atoms with Crippen molar-refractivity contribution in [1.29, 1.82) is 0 Å². The Morgan fingerprint density at radius 2 is 1.77 bits per heavy atom. The molecule has 0 radical (unpaired) electrons. The molecule has 1 aromatic carbocycles. The molecule has 0 unspecified atom stereocenters. The number of halogens is 3. The van der Waals surface area contributed by atoms with Crippen molar-refractivity contribution < 1.29 is 17.7 Å². The number of benzene rings is 1. The fourth-order valence-corrected chi connectivity index (χ4v) is 3.68. The lowest BCUT2D eigenvalue weighted by atomic mass is 10.0. The Hall–Kier alpha value is -2.70. The molecule has 0 aliphatic heterocycles. The first-order valence-electron chi connectivity index (χ1n) is 8.20. The molecule has 26 heavy (non-hydrogen) atoms. The van der Waals surface area contributed by atoms with E-state index < -0.39 is 11.7 Å². The van der Waals surface area contributed by atoms with Gasteiger partial charge in [-0.05, 0) is 17.0 Å². The van der Waals surface area contributed by atoms with Crippen LogP contribution in [0.3, 0.4) is 0 Å². The van der Waals surface area contributed by atoms with E-state index in [1.54, 1.807) is 0 Å². The zero-order valence-electron chi connectivity index (χ0n) is 14.2. The van der Waals surface area contributed by atoms with Crippen LogP contribution in [0.15, 0.2) is 53.3 Å². The summed E-state index contributed by atoms with van der Waals surface area (Å²) in [6.07, 6.45) is -2.32. The maximum atomic E-state index is 13.2. The molecule has 134 valence electrons. The summed E-state index contributed by atoms with van der Waals surface area (Å²) in [6.45, 7) is 4.19. The normalized spacial score (nSPS) is 21.6. The third-order valence-electron chi connectivity index (χ3n) is 5.06. The lowest BCUT2D eigenvalue weighted by molar-refractivity contribution is -0.137. The number of alkyl halides is 3. The molecule has 3 aromatic rings. The molecular weight excluding hydrogens is 343 g/mol. The first-order valence-corrected chi connectivity index (χ1v) is 8.20. The van der Waals surface area contributed by atoms with E-state index in [4.69, 9.17) is 4.52 Å². The van der Waals surface area contributed by atoms with Crippen molar-refractivity contribution in [2.45, 2.75) is 31.9 Å². The number of aromatic nitrogens is 3. The molecule has 1 aliphatic rings. The van der Waals surface area contributed by atoms with Crippen molar-refractivity contribution in [1.82, 2.24) is 15.1 Å². The number of pyridine rings is 1. The number of nitrogens with zero attached hydrogens (tertiary/aromatic N) is 3. The number of hydrogen-bond acceptors (Lipinski definition) is 4. The van der Waals surface area contributed by atoms with E-state index >= 15 is 0 Å². The minimum atomic E-state index is -4.52. The Balaban J connectivity index is 1.69. The Morgan fingerprint density at radius 3 is 2.46 bits per heavy atom. The predicted molar refractivity (Wildman–Crippen MR) is 88.2 cm³/mol. The molecule has 1 saturated carbocycles. The van der Waals surface area contributed by atoms with Crippen LogP contribution in [0.1, 0.15) is 42.6 Å². The van der Waals surface area contributed by atoms with Gasteiger partial charge in [0.05, 0.1) is 11.1 Å². The van der Waals surface area contributed by atoms with Crippen LogP contribution in [-0.4, -0.2) is 15.1 Å². The smallest absolute Gasteiger partial charge is 0.334 e. The summed E-state index contributed by atoms with van der Waals surface area (Å²) in [4.78, 5) is 8.04. The monoisotopic (exact) mass is 359 g/mol. The number of hydrogen-bond donors (Lipinski definition) is 0. The van der Waals surface area contributed by atoms with E-state index in [1.165, 1.54) is 0 Å². The van der Waals surface area contributed by atoms with Crippen molar-refractivity contribution in [3.05, 3.63) is 65.7 Å². The van der Waals surface area contributed by atoms with Gasteiger partial charge in [-0.3, -0.25) is 4.98 Å². The van der Waals surface area contributed by atoms with Gasteiger partial charge < -0.3 is 4.52 Å². The zero-order chi connectivity index (χ0) is 18.5. The topological polar surface area (TPSA) is 51.8 Å². The first-order chi connectivity index (χ1) is 12.3. The molecule has 4 rings (SSSR count). The van der Waals surface area contributed by atoms with Gasteiger partial charge in [0.15, 0.2) is 5.82 Å². The number of rotatable bonds is 3. The molecule has 7 heteroatoms. The largest absolute Gasteiger partial charge is 0.417 e. The van der Waals surface area contributed by atoms with Gasteiger partial charge >= 0.3 is 6.18 Å². The highest BCUT2D eigenvalue weighted by atomic mass is 19.4. The fourth-order valence-electron chi connectivity index (χ4n) is 3.68. The maximum Gasteiger partial charge on any atom is 0.417 e. The van der Waals surface area contributed by atoms with Crippen molar-refractivity contribution >= 4 is 0 Å². The third-order valence-corrected chi connectivity index (χ3v) is 5.06. The van der Waals surface area contributed by atoms with Crippen LogP contribution < -0.4 is 0 Å². The molecule has 0 saturated heterocycles. The molecule has 0 N–H and O–H groups in total. The van der Waals surface area contributed by atoms with Crippen LogP contribution in [0.5, 0.6) is 0 Å². The maximum absolute atomic E-state index is 13.2. The van der Waals surface area contributed by atoms with Gasteiger partial charge in [0.2, 0.25) is 0 Å². The van der Waals surface area contributed by atoms with Crippen molar-refractivity contribution in [2.24, 2.45) is 5.41 Å². The van der Waals surface area contributed by atoms with Crippen LogP contribution in [-0.2, 0) is 6.18 Å². The molecule has 2 heterocycles. The molecule has 0 bridgehead atoms. The summed E-state index contributed by atoms with van der Waals surface area (Å²) in [5, 5.41) is 3.97. The van der Waals surface area contributed by atoms with Crippen molar-refractivity contribution in [2.75, 3.05) is 0 Å². The molecule has 1 fully saturated rings. The molecule has 4 nitrogen and oxygen atoms in total. The van der Waals surface area contributed by atoms with Gasteiger partial charge in [0, 0.05) is 24.2 Å². The molecule has 0 spiro atoms. The minimum Gasteiger partial charge on any atom is -0.334 e. The van der Waals surface area contributed by atoms with Gasteiger partial charge in [-0.2, -0.15) is 18.2 Å². The van der Waals surface area contributed by atoms with Crippen LogP contribution in [0.25, 0.3) is 11.5 Å². The minimum absolute atomic E-state index is 0.00610. The van der Waals surface area contributed by atoms with E-state index in [0.29, 0.717) is 5.82 Å². The van der Waals surface area contributed by atoms with E-state index in [1.807, 2.05) is 30.3 Å². The summed E-state index contributed by atoms with van der Waals surface area (Å²) in [5.74, 6) is 0.462. The van der Waals surface area contributed by atoms with Gasteiger partial charge in [-0.15, -0.1) is 0 Å². The molecule has 2 atom stereocenters. The highest BCUT2D eigenvalue weighted by Gasteiger charge is 2.61. The average molecular weight is 359 g/mol. The summed E-state index contributed by atoms with van der Waals surface area (Å²) >= 11 is 0. The Bertz CT molecular complexity index is 934. The van der Waals surface area contributed by atoms with Crippen LogP contribution in [0, 0.1) is 5.41 Å². The summed E-state index contributed by atoms with van der Waals surface area (Å²) in [7, 11) is 0. The van der Waals surface area contributed by atoms with Crippen LogP contribution >= 0.6 is 0 Å². The molecular formula is C19H16F3N3O. The first kappa shape index (κ1) is 16.8. The van der Waals surface area contributed by atoms with Crippen molar-refractivity contribution in [3.8, 4) is 11.5 Å². The third kappa shape index (κ3) is 2.67. The Kier molecular flexibility index (Phi) is 3.64. The van der Waals surface area contributed by atoms with Crippen LogP contribution in [0.4, 0.5) is 13.2 Å². The van der Waals surface area contributed by atoms with Gasteiger partial charge in [0.1, 0.15) is 0 Å². The fraction of sp³-hybridized carbons (Fsp3) is 0.316. The van der Waals surface area contributed by atoms with E-state index in [2.05, 4.69) is 29.0 Å². The summed E-state index contributed by atoms with van der Waals surface area (Å²) in [6, 6.07) is 10.9. The van der Waals surface area contributed by atoms with E-state index in [0.717, 1.165) is 24.0 Å². The van der Waals surface area contributed by atoms with Gasteiger partial charge in [-0.25, -0.2) is 0 Å². The predicted octanol–water partition coefficient (Wildman–Crippen LogP) is 5.06. The quantitative estimate of drug-likeness (QED) is 0.656. The summed E-state index contributed by atoms with van der Waals surface area (Å²) < 4.78 is 44.8. The second kappa shape index (κ2) is 5.65. The second-order valence-corrected chi connectivity index (χ2v) is 7.06. The van der Waals surface area contributed by atoms with Crippen LogP contribution in [0.2, 0.25) is 0 Å². The lowest BCUT2D eigenvalue weighted by Crippen LogP contribution is -2.07. The highest BCUT2D eigenvalue weighted by Crippen LogP contribution is 2.69. The van der Waals surface area contributed by atoms with Crippen molar-refractivity contribution in [3.63, 3.8) is 0 Å². The van der Waals surface area contributed by atoms with Gasteiger partial charge in [-0.1, -0.05) is 49.3 Å². The standard InChI is InChI=1S/C19H16F3N3O/c1-18(2)14(11-6-4-3-5-7-11)15(18)16-24-17(26-25-16)12-10-23-9-8-13(12)19(20,21)22/h3-10,14-15H,1-2H3/t14-,15+/m0/s1. The van der Waals surface area contributed by atoms with Gasteiger partial charge in [0.25, 0.3) is 5.89 Å².